The third-order valence-corrected chi connectivity index (χ3v) is 4.69. The van der Waals surface area contributed by atoms with Crippen molar-refractivity contribution < 1.29 is 9.47 Å². The first kappa shape index (κ1) is 15.9. The molecule has 2 aliphatic heterocycles. The topological polar surface area (TPSA) is 62.8 Å². The van der Waals surface area contributed by atoms with Crippen molar-refractivity contribution in [2.45, 2.75) is 6.54 Å². The van der Waals surface area contributed by atoms with E-state index in [-0.39, 0.29) is 0 Å². The first-order valence-corrected chi connectivity index (χ1v) is 8.64. The lowest BCUT2D eigenvalue weighted by molar-refractivity contribution is 0.174. The quantitative estimate of drug-likeness (QED) is 0.828. The van der Waals surface area contributed by atoms with Gasteiger partial charge in [-0.2, -0.15) is 0 Å². The van der Waals surface area contributed by atoms with Gasteiger partial charge < -0.3 is 24.6 Å². The maximum Gasteiger partial charge on any atom is 0.231 e. The largest absolute Gasteiger partial charge is 0.454 e. The van der Waals surface area contributed by atoms with Gasteiger partial charge in [0.25, 0.3) is 0 Å². The molecule has 1 aromatic carbocycles. The van der Waals surface area contributed by atoms with E-state index in [0.717, 1.165) is 54.3 Å². The number of nitrogens with zero attached hydrogens (tertiary/aromatic N) is 4. The second-order valence-corrected chi connectivity index (χ2v) is 6.26. The maximum absolute atomic E-state index is 5.54. The number of rotatable bonds is 3. The van der Waals surface area contributed by atoms with E-state index in [4.69, 9.17) is 21.7 Å². The molecule has 8 heteroatoms. The van der Waals surface area contributed by atoms with Crippen LogP contribution in [0, 0.1) is 0 Å². The van der Waals surface area contributed by atoms with Gasteiger partial charge in [-0.3, -0.25) is 0 Å². The summed E-state index contributed by atoms with van der Waals surface area (Å²) >= 11 is 5.54. The number of piperazine rings is 1. The summed E-state index contributed by atoms with van der Waals surface area (Å²) in [7, 11) is 0. The van der Waals surface area contributed by atoms with E-state index < -0.39 is 0 Å². The van der Waals surface area contributed by atoms with Gasteiger partial charge in [-0.15, -0.1) is 0 Å². The molecule has 1 fully saturated rings. The molecule has 3 heterocycles. The number of aromatic nitrogens is 2. The number of ether oxygens (including phenoxy) is 2. The van der Waals surface area contributed by atoms with E-state index in [1.165, 1.54) is 0 Å². The summed E-state index contributed by atoms with van der Waals surface area (Å²) in [5.74, 6) is 2.37. The van der Waals surface area contributed by atoms with Crippen molar-refractivity contribution >= 4 is 23.3 Å². The van der Waals surface area contributed by atoms with Crippen molar-refractivity contribution in [3.05, 3.63) is 42.2 Å². The average Bonchev–Trinajstić information content (AvgIpc) is 3.15. The first-order valence-electron chi connectivity index (χ1n) is 8.23. The molecule has 2 aliphatic rings. The third kappa shape index (κ3) is 3.58. The minimum Gasteiger partial charge on any atom is -0.454 e. The molecular formula is C17H19N5O2S. The van der Waals surface area contributed by atoms with E-state index in [0.29, 0.717) is 13.3 Å². The summed E-state index contributed by atoms with van der Waals surface area (Å²) in [6, 6.07) is 7.77. The molecule has 0 atom stereocenters. The molecule has 0 unspecified atom stereocenters. The zero-order valence-electron chi connectivity index (χ0n) is 13.7. The lowest BCUT2D eigenvalue weighted by Gasteiger charge is -2.36. The number of anilines is 1. The van der Waals surface area contributed by atoms with Crippen molar-refractivity contribution in [3.63, 3.8) is 0 Å². The molecular weight excluding hydrogens is 338 g/mol. The molecule has 1 aromatic heterocycles. The van der Waals surface area contributed by atoms with E-state index >= 15 is 0 Å². The SMILES string of the molecule is S=C(NCc1ccc2c(c1)OCO2)N1CCN(c2ncccn2)CC1. The summed E-state index contributed by atoms with van der Waals surface area (Å²) in [4.78, 5) is 13.0. The number of thiocarbonyl (C=S) groups is 1. The van der Waals surface area contributed by atoms with Crippen LogP contribution in [0.4, 0.5) is 5.95 Å². The van der Waals surface area contributed by atoms with Gasteiger partial charge in [-0.05, 0) is 36.0 Å². The molecule has 0 bridgehead atoms. The highest BCUT2D eigenvalue weighted by Gasteiger charge is 2.20. The Morgan fingerprint density at radius 1 is 1.08 bits per heavy atom. The monoisotopic (exact) mass is 357 g/mol. The molecule has 25 heavy (non-hydrogen) atoms. The predicted molar refractivity (Wildman–Crippen MR) is 97.8 cm³/mol. The van der Waals surface area contributed by atoms with Gasteiger partial charge >= 0.3 is 0 Å². The number of benzene rings is 1. The van der Waals surface area contributed by atoms with E-state index in [2.05, 4.69) is 25.1 Å². The number of hydrogen-bond donors (Lipinski definition) is 1. The Kier molecular flexibility index (Phi) is 4.51. The Labute approximate surface area is 151 Å². The van der Waals surface area contributed by atoms with Crippen LogP contribution < -0.4 is 19.7 Å². The van der Waals surface area contributed by atoms with Gasteiger partial charge in [0.2, 0.25) is 12.7 Å². The highest BCUT2D eigenvalue weighted by atomic mass is 32.1. The van der Waals surface area contributed by atoms with Crippen LogP contribution in [0.25, 0.3) is 0 Å². The molecule has 0 spiro atoms. The fraction of sp³-hybridized carbons (Fsp3) is 0.353. The summed E-state index contributed by atoms with van der Waals surface area (Å²) in [5, 5.41) is 4.10. The molecule has 1 N–H and O–H groups in total. The van der Waals surface area contributed by atoms with Gasteiger partial charge in [0.1, 0.15) is 0 Å². The van der Waals surface area contributed by atoms with Gasteiger partial charge in [-0.1, -0.05) is 6.07 Å². The number of hydrogen-bond acceptors (Lipinski definition) is 6. The van der Waals surface area contributed by atoms with Crippen LogP contribution in [0.1, 0.15) is 5.56 Å². The normalized spacial score (nSPS) is 16.0. The van der Waals surface area contributed by atoms with Crippen molar-refractivity contribution in [3.8, 4) is 11.5 Å². The summed E-state index contributed by atoms with van der Waals surface area (Å²) in [6.07, 6.45) is 3.54. The molecule has 130 valence electrons. The second-order valence-electron chi connectivity index (χ2n) is 5.87. The molecule has 4 rings (SSSR count). The van der Waals surface area contributed by atoms with Crippen LogP contribution in [0.2, 0.25) is 0 Å². The fourth-order valence-corrected chi connectivity index (χ4v) is 3.16. The van der Waals surface area contributed by atoms with Crippen LogP contribution in [0.3, 0.4) is 0 Å². The maximum atomic E-state index is 5.54. The number of fused-ring (bicyclic) bond motifs is 1. The molecule has 0 saturated carbocycles. The Balaban J connectivity index is 1.28. The van der Waals surface area contributed by atoms with Gasteiger partial charge in [0.15, 0.2) is 16.6 Å². The lowest BCUT2D eigenvalue weighted by atomic mass is 10.2. The van der Waals surface area contributed by atoms with E-state index in [9.17, 15) is 0 Å². The van der Waals surface area contributed by atoms with Crippen LogP contribution in [-0.2, 0) is 6.54 Å². The highest BCUT2D eigenvalue weighted by molar-refractivity contribution is 7.80. The number of nitrogens with one attached hydrogen (secondary N) is 1. The van der Waals surface area contributed by atoms with E-state index in [1.54, 1.807) is 12.4 Å². The second kappa shape index (κ2) is 7.10. The molecule has 0 aliphatic carbocycles. The molecule has 1 saturated heterocycles. The molecule has 7 nitrogen and oxygen atoms in total. The predicted octanol–water partition coefficient (Wildman–Crippen LogP) is 1.40. The lowest BCUT2D eigenvalue weighted by Crippen LogP contribution is -2.52. The van der Waals surface area contributed by atoms with Crippen molar-refractivity contribution in [1.29, 1.82) is 0 Å². The first-order chi connectivity index (χ1) is 12.3. The molecule has 0 amide bonds. The Bertz CT molecular complexity index is 750. The third-order valence-electron chi connectivity index (χ3n) is 4.28. The smallest absolute Gasteiger partial charge is 0.231 e. The van der Waals surface area contributed by atoms with Crippen LogP contribution in [0.5, 0.6) is 11.5 Å². The summed E-state index contributed by atoms with van der Waals surface area (Å²) in [5.41, 5.74) is 1.11. The van der Waals surface area contributed by atoms with Crippen LogP contribution >= 0.6 is 12.2 Å². The Morgan fingerprint density at radius 2 is 1.84 bits per heavy atom. The van der Waals surface area contributed by atoms with Gasteiger partial charge in [0, 0.05) is 45.1 Å². The zero-order valence-corrected chi connectivity index (χ0v) is 14.5. The van der Waals surface area contributed by atoms with Crippen molar-refractivity contribution in [2.24, 2.45) is 0 Å². The zero-order chi connectivity index (χ0) is 17.1. The minimum atomic E-state index is 0.292. The van der Waals surface area contributed by atoms with Gasteiger partial charge in [-0.25, -0.2) is 9.97 Å². The van der Waals surface area contributed by atoms with Crippen molar-refractivity contribution in [1.82, 2.24) is 20.2 Å². The standard InChI is InChI=1S/C17H19N5O2S/c25-17(20-11-13-2-3-14-15(10-13)24-12-23-14)22-8-6-21(7-9-22)16-18-4-1-5-19-16/h1-5,10H,6-9,11-12H2,(H,20,25). The Morgan fingerprint density at radius 3 is 2.64 bits per heavy atom. The van der Waals surface area contributed by atoms with Gasteiger partial charge in [0.05, 0.1) is 0 Å². The van der Waals surface area contributed by atoms with Crippen LogP contribution in [-0.4, -0.2) is 53.0 Å². The fourth-order valence-electron chi connectivity index (χ4n) is 2.90. The van der Waals surface area contributed by atoms with Crippen LogP contribution in [0.15, 0.2) is 36.7 Å². The van der Waals surface area contributed by atoms with Crippen molar-refractivity contribution in [2.75, 3.05) is 37.9 Å². The van der Waals surface area contributed by atoms with E-state index in [1.807, 2.05) is 24.3 Å². The Hall–Kier alpha value is -2.61. The summed E-state index contributed by atoms with van der Waals surface area (Å²) < 4.78 is 10.7. The molecule has 2 aromatic rings. The average molecular weight is 357 g/mol. The molecule has 0 radical (unpaired) electrons. The summed E-state index contributed by atoms with van der Waals surface area (Å²) in [6.45, 7) is 4.37. The minimum absolute atomic E-state index is 0.292. The highest BCUT2D eigenvalue weighted by Crippen LogP contribution is 2.32.